The summed E-state index contributed by atoms with van der Waals surface area (Å²) in [4.78, 5) is 21.9. The lowest BCUT2D eigenvalue weighted by Gasteiger charge is -2.26. The van der Waals surface area contributed by atoms with Crippen LogP contribution in [0.2, 0.25) is 0 Å². The first-order chi connectivity index (χ1) is 14.6. The van der Waals surface area contributed by atoms with Gasteiger partial charge in [-0.1, -0.05) is 6.07 Å². The van der Waals surface area contributed by atoms with Crippen LogP contribution >= 0.6 is 0 Å². The molecule has 1 aliphatic rings. The number of carboxylic acids is 1. The fraction of sp³-hybridized carbons (Fsp3) is 0.227. The second-order valence-corrected chi connectivity index (χ2v) is 7.48. The molecule has 2 aromatic carbocycles. The lowest BCUT2D eigenvalue weighted by molar-refractivity contribution is -0.384. The van der Waals surface area contributed by atoms with Crippen molar-refractivity contribution in [2.45, 2.75) is 25.4 Å². The topological polar surface area (TPSA) is 85.4 Å². The van der Waals surface area contributed by atoms with E-state index in [2.05, 4.69) is 0 Å². The zero-order chi connectivity index (χ0) is 22.3. The summed E-state index contributed by atoms with van der Waals surface area (Å²) in [6.07, 6.45) is -4.33. The highest BCUT2D eigenvalue weighted by molar-refractivity contribution is 5.88. The zero-order valence-electron chi connectivity index (χ0n) is 16.1. The van der Waals surface area contributed by atoms with Crippen LogP contribution in [0.25, 0.3) is 16.9 Å². The molecule has 1 unspecified atom stereocenters. The summed E-state index contributed by atoms with van der Waals surface area (Å²) < 4.78 is 41.7. The van der Waals surface area contributed by atoms with Crippen molar-refractivity contribution in [2.75, 3.05) is 0 Å². The molecule has 1 aliphatic carbocycles. The molecule has 160 valence electrons. The van der Waals surface area contributed by atoms with Gasteiger partial charge >= 0.3 is 12.1 Å². The number of fused-ring (bicyclic) bond motifs is 1. The van der Waals surface area contributed by atoms with E-state index in [0.717, 1.165) is 0 Å². The Kier molecular flexibility index (Phi) is 5.04. The number of carboxylic acid groups (broad SMARTS) is 1. The van der Waals surface area contributed by atoms with Gasteiger partial charge in [0.15, 0.2) is 0 Å². The summed E-state index contributed by atoms with van der Waals surface area (Å²) in [7, 11) is 0. The summed E-state index contributed by atoms with van der Waals surface area (Å²) in [5.74, 6) is -2.55. The van der Waals surface area contributed by atoms with E-state index in [1.165, 1.54) is 36.4 Å². The van der Waals surface area contributed by atoms with Gasteiger partial charge in [0, 0.05) is 23.5 Å². The van der Waals surface area contributed by atoms with Crippen LogP contribution < -0.4 is 0 Å². The van der Waals surface area contributed by atoms with E-state index >= 15 is 0 Å². The number of halogens is 3. The molecule has 0 radical (unpaired) electrons. The highest BCUT2D eigenvalue weighted by atomic mass is 19.4. The summed E-state index contributed by atoms with van der Waals surface area (Å²) in [6.45, 7) is 0. The highest BCUT2D eigenvalue weighted by Crippen LogP contribution is 2.41. The Balaban J connectivity index is 1.88. The minimum Gasteiger partial charge on any atom is -0.478 e. The SMILES string of the molecule is O=C(O)c1cccc(-n2c(-c3ccc([N+](=O)[O-])cc3)cc3c2CCC(C(F)(F)F)C3)c1. The van der Waals surface area contributed by atoms with Gasteiger partial charge in [0.2, 0.25) is 0 Å². The number of alkyl halides is 3. The van der Waals surface area contributed by atoms with Crippen LogP contribution in [0, 0.1) is 16.0 Å². The van der Waals surface area contributed by atoms with Gasteiger partial charge in [0.25, 0.3) is 5.69 Å². The van der Waals surface area contributed by atoms with Crippen molar-refractivity contribution < 1.29 is 28.0 Å². The maximum absolute atomic E-state index is 13.3. The van der Waals surface area contributed by atoms with E-state index in [1.54, 1.807) is 22.8 Å². The predicted octanol–water partition coefficient (Wildman–Crippen LogP) is 5.42. The van der Waals surface area contributed by atoms with Gasteiger partial charge in [-0.3, -0.25) is 10.1 Å². The van der Waals surface area contributed by atoms with E-state index in [1.807, 2.05) is 0 Å². The number of aromatic nitrogens is 1. The average molecular weight is 430 g/mol. The third-order valence-corrected chi connectivity index (χ3v) is 5.58. The van der Waals surface area contributed by atoms with Crippen LogP contribution in [0.15, 0.2) is 54.6 Å². The summed E-state index contributed by atoms with van der Waals surface area (Å²) in [5.41, 5.74) is 2.85. The van der Waals surface area contributed by atoms with Crippen molar-refractivity contribution in [3.8, 4) is 16.9 Å². The second kappa shape index (κ2) is 7.57. The average Bonchev–Trinajstić information content (AvgIpc) is 3.12. The first-order valence-corrected chi connectivity index (χ1v) is 9.54. The molecule has 3 aromatic rings. The van der Waals surface area contributed by atoms with Crippen LogP contribution in [0.3, 0.4) is 0 Å². The molecule has 1 atom stereocenters. The number of hydrogen-bond acceptors (Lipinski definition) is 3. The Morgan fingerprint density at radius 1 is 1.13 bits per heavy atom. The van der Waals surface area contributed by atoms with Gasteiger partial charge < -0.3 is 9.67 Å². The Hall–Kier alpha value is -3.62. The number of nitro benzene ring substituents is 1. The summed E-state index contributed by atoms with van der Waals surface area (Å²) in [5, 5.41) is 20.3. The van der Waals surface area contributed by atoms with E-state index in [0.29, 0.717) is 28.2 Å². The van der Waals surface area contributed by atoms with E-state index in [9.17, 15) is 33.2 Å². The Morgan fingerprint density at radius 2 is 1.84 bits per heavy atom. The maximum Gasteiger partial charge on any atom is 0.392 e. The molecule has 4 rings (SSSR count). The van der Waals surface area contributed by atoms with Crippen molar-refractivity contribution in [2.24, 2.45) is 5.92 Å². The third-order valence-electron chi connectivity index (χ3n) is 5.58. The molecule has 0 bridgehead atoms. The van der Waals surface area contributed by atoms with Crippen molar-refractivity contribution in [1.82, 2.24) is 4.57 Å². The van der Waals surface area contributed by atoms with Crippen LogP contribution in [-0.4, -0.2) is 26.7 Å². The number of aromatic carboxylic acids is 1. The first kappa shape index (κ1) is 20.6. The number of nitrogens with zero attached hydrogens (tertiary/aromatic N) is 2. The molecule has 0 amide bonds. The van der Waals surface area contributed by atoms with E-state index in [-0.39, 0.29) is 30.5 Å². The van der Waals surface area contributed by atoms with Crippen molar-refractivity contribution in [1.29, 1.82) is 0 Å². The Labute approximate surface area is 174 Å². The van der Waals surface area contributed by atoms with E-state index < -0.39 is 23.0 Å². The number of rotatable bonds is 4. The second-order valence-electron chi connectivity index (χ2n) is 7.48. The molecule has 1 heterocycles. The van der Waals surface area contributed by atoms with Crippen LogP contribution in [0.4, 0.5) is 18.9 Å². The van der Waals surface area contributed by atoms with Crippen LogP contribution in [0.1, 0.15) is 28.0 Å². The predicted molar refractivity (Wildman–Crippen MR) is 106 cm³/mol. The highest BCUT2D eigenvalue weighted by Gasteiger charge is 2.42. The van der Waals surface area contributed by atoms with Crippen molar-refractivity contribution in [3.63, 3.8) is 0 Å². The Bertz CT molecular complexity index is 1170. The molecule has 0 fully saturated rings. The fourth-order valence-corrected chi connectivity index (χ4v) is 4.05. The number of hydrogen-bond donors (Lipinski definition) is 1. The molecule has 6 nitrogen and oxygen atoms in total. The van der Waals surface area contributed by atoms with Crippen LogP contribution in [-0.2, 0) is 12.8 Å². The van der Waals surface area contributed by atoms with Crippen LogP contribution in [0.5, 0.6) is 0 Å². The van der Waals surface area contributed by atoms with E-state index in [4.69, 9.17) is 0 Å². The first-order valence-electron chi connectivity index (χ1n) is 9.54. The smallest absolute Gasteiger partial charge is 0.392 e. The van der Waals surface area contributed by atoms with Gasteiger partial charge in [-0.25, -0.2) is 4.79 Å². The fourth-order valence-electron chi connectivity index (χ4n) is 4.05. The summed E-state index contributed by atoms with van der Waals surface area (Å²) in [6, 6.07) is 13.6. The van der Waals surface area contributed by atoms with Gasteiger partial charge in [-0.2, -0.15) is 13.2 Å². The normalized spacial score (nSPS) is 16.0. The molecule has 9 heteroatoms. The quantitative estimate of drug-likeness (QED) is 0.443. The Morgan fingerprint density at radius 3 is 2.45 bits per heavy atom. The lowest BCUT2D eigenvalue weighted by Crippen LogP contribution is -2.29. The molecular formula is C22H17F3N2O4. The van der Waals surface area contributed by atoms with Crippen molar-refractivity contribution >= 4 is 11.7 Å². The maximum atomic E-state index is 13.3. The minimum absolute atomic E-state index is 0.0542. The molecule has 0 aliphatic heterocycles. The van der Waals surface area contributed by atoms with Gasteiger partial charge in [-0.15, -0.1) is 0 Å². The molecule has 1 N–H and O–H groups in total. The largest absolute Gasteiger partial charge is 0.478 e. The number of non-ortho nitro benzene ring substituents is 1. The standard InChI is InChI=1S/C22H17F3N2O4/c23-22(24,25)16-6-9-19-15(10-16)12-20(13-4-7-17(8-5-13)27(30)31)26(19)18-3-1-2-14(11-18)21(28)29/h1-5,7-8,11-12,16H,6,9-10H2,(H,28,29). The van der Waals surface area contributed by atoms with Gasteiger partial charge in [-0.05, 0) is 66.8 Å². The van der Waals surface area contributed by atoms with Gasteiger partial charge in [0.1, 0.15) is 0 Å². The molecule has 1 aromatic heterocycles. The lowest BCUT2D eigenvalue weighted by atomic mass is 9.87. The minimum atomic E-state index is -4.30. The number of carbonyl (C=O) groups is 1. The molecule has 0 saturated carbocycles. The van der Waals surface area contributed by atoms with Gasteiger partial charge in [0.05, 0.1) is 22.1 Å². The third kappa shape index (κ3) is 3.90. The zero-order valence-corrected chi connectivity index (χ0v) is 16.1. The number of benzene rings is 2. The monoisotopic (exact) mass is 430 g/mol. The molecule has 0 saturated heterocycles. The molecule has 31 heavy (non-hydrogen) atoms. The molecule has 0 spiro atoms. The molecular weight excluding hydrogens is 413 g/mol. The summed E-state index contributed by atoms with van der Waals surface area (Å²) >= 11 is 0. The number of nitro groups is 1. The van der Waals surface area contributed by atoms with Crippen molar-refractivity contribution in [3.05, 3.63) is 81.5 Å².